The molecule has 3 heterocycles. The molecule has 0 fully saturated rings. The lowest BCUT2D eigenvalue weighted by molar-refractivity contribution is 0.709. The van der Waals surface area contributed by atoms with Gasteiger partial charge in [-0.2, -0.15) is 9.66 Å². The van der Waals surface area contributed by atoms with Gasteiger partial charge in [0.05, 0.1) is 18.7 Å². The van der Waals surface area contributed by atoms with E-state index in [-0.39, 0.29) is 6.17 Å². The lowest BCUT2D eigenvalue weighted by Gasteiger charge is -2.09. The van der Waals surface area contributed by atoms with Crippen molar-refractivity contribution >= 4 is 23.8 Å². The first-order valence-corrected chi connectivity index (χ1v) is 7.43. The summed E-state index contributed by atoms with van der Waals surface area (Å²) in [4.78, 5) is 9.06. The highest BCUT2D eigenvalue weighted by Gasteiger charge is 2.27. The summed E-state index contributed by atoms with van der Waals surface area (Å²) in [6.07, 6.45) is -0.284. The van der Waals surface area contributed by atoms with Gasteiger partial charge in [0.15, 0.2) is 17.5 Å². The lowest BCUT2D eigenvalue weighted by Crippen LogP contribution is -2.42. The van der Waals surface area contributed by atoms with Gasteiger partial charge in [-0.1, -0.05) is 30.3 Å². The number of aromatic nitrogens is 1. The van der Waals surface area contributed by atoms with Crippen molar-refractivity contribution in [3.8, 4) is 6.07 Å². The lowest BCUT2D eigenvalue weighted by atomic mass is 10.2. The molecule has 0 spiro atoms. The van der Waals surface area contributed by atoms with Crippen LogP contribution in [0.2, 0.25) is 0 Å². The number of fused-ring (bicyclic) bond motifs is 2. The molecule has 108 valence electrons. The second-order valence-electron chi connectivity index (χ2n) is 4.92. The topological polar surface area (TPSA) is 104 Å². The fourth-order valence-corrected chi connectivity index (χ4v) is 3.06. The van der Waals surface area contributed by atoms with Crippen LogP contribution < -0.4 is 21.3 Å². The molecule has 0 bridgehead atoms. The van der Waals surface area contributed by atoms with Gasteiger partial charge < -0.3 is 10.3 Å². The number of rotatable bonds is 2. The largest absolute Gasteiger partial charge is 0.384 e. The zero-order chi connectivity index (χ0) is 15.1. The van der Waals surface area contributed by atoms with E-state index >= 15 is 0 Å². The fraction of sp³-hybridized carbons (Fsp3) is 0.143. The number of nitrogens with one attached hydrogen (secondary N) is 1. The van der Waals surface area contributed by atoms with Gasteiger partial charge >= 0.3 is 0 Å². The zero-order valence-electron chi connectivity index (χ0n) is 11.4. The van der Waals surface area contributed by atoms with Crippen LogP contribution in [-0.4, -0.2) is 16.6 Å². The second-order valence-corrected chi connectivity index (χ2v) is 5.52. The number of benzene rings is 1. The average molecular weight is 309 g/mol. The molecule has 1 atom stereocenters. The summed E-state index contributed by atoms with van der Waals surface area (Å²) in [5.41, 5.74) is 8.21. The Bertz CT molecular complexity index is 936. The van der Waals surface area contributed by atoms with Gasteiger partial charge in [0.25, 0.3) is 0 Å². The Labute approximate surface area is 130 Å². The summed E-state index contributed by atoms with van der Waals surface area (Å²) in [7, 11) is 0. The van der Waals surface area contributed by atoms with E-state index in [4.69, 9.17) is 5.73 Å². The van der Waals surface area contributed by atoms with Crippen molar-refractivity contribution < 1.29 is 0 Å². The molecule has 0 saturated heterocycles. The Morgan fingerprint density at radius 3 is 2.95 bits per heavy atom. The van der Waals surface area contributed by atoms with Gasteiger partial charge in [-0.15, -0.1) is 0 Å². The highest BCUT2D eigenvalue weighted by molar-refractivity contribution is 7.96. The average Bonchev–Trinajstić information content (AvgIpc) is 3.09. The van der Waals surface area contributed by atoms with Crippen LogP contribution in [0, 0.1) is 11.3 Å². The summed E-state index contributed by atoms with van der Waals surface area (Å²) in [6.45, 7) is 0.544. The molecular weight excluding hydrogens is 298 g/mol. The predicted molar refractivity (Wildman–Crippen MR) is 83.4 cm³/mol. The van der Waals surface area contributed by atoms with Crippen LogP contribution >= 0.6 is 12.1 Å². The van der Waals surface area contributed by atoms with E-state index in [0.29, 0.717) is 34.6 Å². The molecule has 3 N–H and O–H groups in total. The number of nitrogen functional groups attached to an aromatic ring is 1. The van der Waals surface area contributed by atoms with Crippen LogP contribution in [-0.2, 0) is 6.54 Å². The Hall–Kier alpha value is -2.63. The number of nitrogens with zero attached hydrogens (tertiary/aromatic N) is 5. The SMILES string of the molecule is N#Cc1c(N)n(Cc2ccccc2)c2c1=NC1=NSNC1N=2. The van der Waals surface area contributed by atoms with Crippen molar-refractivity contribution in [3.05, 3.63) is 52.3 Å². The summed E-state index contributed by atoms with van der Waals surface area (Å²) >= 11 is 1.21. The summed E-state index contributed by atoms with van der Waals surface area (Å²) in [5.74, 6) is 0.961. The number of anilines is 1. The van der Waals surface area contributed by atoms with Crippen molar-refractivity contribution in [1.82, 2.24) is 9.29 Å². The molecule has 0 aliphatic carbocycles. The van der Waals surface area contributed by atoms with Crippen molar-refractivity contribution in [1.29, 1.82) is 5.26 Å². The molecule has 0 saturated carbocycles. The van der Waals surface area contributed by atoms with Gasteiger partial charge in [-0.3, -0.25) is 0 Å². The number of nitrogens with two attached hydrogens (primary N) is 1. The minimum atomic E-state index is -0.284. The Balaban J connectivity index is 1.94. The van der Waals surface area contributed by atoms with Crippen LogP contribution in [0.25, 0.3) is 0 Å². The van der Waals surface area contributed by atoms with E-state index in [1.165, 1.54) is 12.1 Å². The van der Waals surface area contributed by atoms with Crippen LogP contribution in [0.5, 0.6) is 0 Å². The van der Waals surface area contributed by atoms with Crippen molar-refractivity contribution in [2.45, 2.75) is 12.7 Å². The van der Waals surface area contributed by atoms with Gasteiger partial charge in [-0.25, -0.2) is 14.7 Å². The zero-order valence-corrected chi connectivity index (χ0v) is 12.2. The number of amidine groups is 1. The maximum atomic E-state index is 9.39. The van der Waals surface area contributed by atoms with Crippen molar-refractivity contribution in [2.24, 2.45) is 14.4 Å². The Morgan fingerprint density at radius 2 is 2.18 bits per heavy atom. The van der Waals surface area contributed by atoms with E-state index in [1.54, 1.807) is 0 Å². The van der Waals surface area contributed by atoms with Gasteiger partial charge in [0.1, 0.15) is 22.8 Å². The molecule has 22 heavy (non-hydrogen) atoms. The molecule has 4 rings (SSSR count). The van der Waals surface area contributed by atoms with Crippen molar-refractivity contribution in [2.75, 3.05) is 5.73 Å². The first-order chi connectivity index (χ1) is 10.8. The highest BCUT2D eigenvalue weighted by Crippen LogP contribution is 2.15. The molecule has 1 unspecified atom stereocenters. The van der Waals surface area contributed by atoms with Crippen LogP contribution in [0.1, 0.15) is 11.1 Å². The molecule has 0 radical (unpaired) electrons. The van der Waals surface area contributed by atoms with E-state index in [2.05, 4.69) is 25.2 Å². The molecule has 0 amide bonds. The van der Waals surface area contributed by atoms with Crippen LogP contribution in [0.4, 0.5) is 5.82 Å². The maximum Gasteiger partial charge on any atom is 0.179 e. The predicted octanol–water partition coefficient (Wildman–Crippen LogP) is 0.134. The molecule has 2 aromatic rings. The quantitative estimate of drug-likeness (QED) is 0.770. The second kappa shape index (κ2) is 4.98. The summed E-state index contributed by atoms with van der Waals surface area (Å²) in [5, 5.41) is 9.90. The molecule has 1 aromatic carbocycles. The molecule has 7 nitrogen and oxygen atoms in total. The van der Waals surface area contributed by atoms with Gasteiger partial charge in [0.2, 0.25) is 0 Å². The minimum Gasteiger partial charge on any atom is -0.384 e. The maximum absolute atomic E-state index is 9.39. The summed E-state index contributed by atoms with van der Waals surface area (Å²) < 4.78 is 9.04. The third kappa shape index (κ3) is 1.91. The first-order valence-electron chi connectivity index (χ1n) is 6.66. The molecule has 1 aromatic heterocycles. The normalized spacial score (nSPS) is 18.5. The van der Waals surface area contributed by atoms with E-state index in [1.807, 2.05) is 34.9 Å². The third-order valence-electron chi connectivity index (χ3n) is 3.57. The monoisotopic (exact) mass is 309 g/mol. The van der Waals surface area contributed by atoms with Gasteiger partial charge in [0, 0.05) is 0 Å². The Morgan fingerprint density at radius 1 is 1.36 bits per heavy atom. The number of hydrogen-bond donors (Lipinski definition) is 2. The minimum absolute atomic E-state index is 0.284. The molecule has 2 aliphatic heterocycles. The third-order valence-corrected chi connectivity index (χ3v) is 4.18. The van der Waals surface area contributed by atoms with E-state index in [0.717, 1.165) is 5.56 Å². The molecule has 8 heteroatoms. The Kier molecular flexibility index (Phi) is 2.96. The van der Waals surface area contributed by atoms with E-state index < -0.39 is 0 Å². The van der Waals surface area contributed by atoms with Crippen LogP contribution in [0.3, 0.4) is 0 Å². The van der Waals surface area contributed by atoms with Crippen LogP contribution in [0.15, 0.2) is 44.7 Å². The molecule has 2 aliphatic rings. The number of hydrogen-bond acceptors (Lipinski definition) is 7. The van der Waals surface area contributed by atoms with Gasteiger partial charge in [-0.05, 0) is 5.56 Å². The van der Waals surface area contributed by atoms with Crippen molar-refractivity contribution in [3.63, 3.8) is 0 Å². The standard InChI is InChI=1S/C14H11N7S/c15-6-9-10-14(18-13-12(17-10)19-22-20-13)21(11(9)16)7-8-4-2-1-3-5-8/h1-5,13,20H,7,16H2. The fourth-order valence-electron chi connectivity index (χ4n) is 2.51. The summed E-state index contributed by atoms with van der Waals surface area (Å²) in [6, 6.07) is 12.0. The molecular formula is C14H11N7S. The first kappa shape index (κ1) is 13.1. The smallest absolute Gasteiger partial charge is 0.179 e. The van der Waals surface area contributed by atoms with E-state index in [9.17, 15) is 5.26 Å². The number of nitriles is 1. The highest BCUT2D eigenvalue weighted by atomic mass is 32.2.